The molecule has 3 aromatic rings. The van der Waals surface area contributed by atoms with E-state index in [2.05, 4.69) is 5.16 Å². The molecule has 0 bridgehead atoms. The van der Waals surface area contributed by atoms with Gasteiger partial charge in [0.2, 0.25) is 0 Å². The van der Waals surface area contributed by atoms with E-state index in [0.717, 1.165) is 27.6 Å². The van der Waals surface area contributed by atoms with Gasteiger partial charge in [0, 0.05) is 0 Å². The Morgan fingerprint density at radius 2 is 1.91 bits per heavy atom. The van der Waals surface area contributed by atoms with Crippen LogP contribution >= 0.6 is 0 Å². The third-order valence-electron chi connectivity index (χ3n) is 3.77. The number of fused-ring (bicyclic) bond motifs is 1. The predicted octanol–water partition coefficient (Wildman–Crippen LogP) is 3.73. The summed E-state index contributed by atoms with van der Waals surface area (Å²) in [4.78, 5) is 12.1. The van der Waals surface area contributed by atoms with Crippen molar-refractivity contribution in [2.45, 2.75) is 26.9 Å². The first kappa shape index (κ1) is 14.3. The van der Waals surface area contributed by atoms with Crippen LogP contribution in [0.3, 0.4) is 0 Å². The molecular formula is C18H17NO3. The summed E-state index contributed by atoms with van der Waals surface area (Å²) in [6, 6.07) is 14.0. The molecule has 0 saturated carbocycles. The highest BCUT2D eigenvalue weighted by Crippen LogP contribution is 2.20. The summed E-state index contributed by atoms with van der Waals surface area (Å²) >= 11 is 0. The van der Waals surface area contributed by atoms with Gasteiger partial charge in [-0.15, -0.1) is 0 Å². The van der Waals surface area contributed by atoms with Crippen LogP contribution in [0.2, 0.25) is 0 Å². The monoisotopic (exact) mass is 295 g/mol. The fourth-order valence-electron chi connectivity index (χ4n) is 2.51. The van der Waals surface area contributed by atoms with Gasteiger partial charge in [0.25, 0.3) is 0 Å². The Morgan fingerprint density at radius 1 is 1.14 bits per heavy atom. The lowest BCUT2D eigenvalue weighted by Gasteiger charge is -2.07. The number of nitrogens with zero attached hydrogens (tertiary/aromatic N) is 1. The fraction of sp³-hybridized carbons (Fsp3) is 0.222. The molecule has 0 aliphatic rings. The van der Waals surface area contributed by atoms with Crippen LogP contribution in [0.15, 0.2) is 47.0 Å². The van der Waals surface area contributed by atoms with Crippen LogP contribution < -0.4 is 0 Å². The molecular weight excluding hydrogens is 278 g/mol. The highest BCUT2D eigenvalue weighted by molar-refractivity contribution is 5.88. The number of hydrogen-bond acceptors (Lipinski definition) is 4. The number of rotatable bonds is 4. The summed E-state index contributed by atoms with van der Waals surface area (Å²) in [7, 11) is 0. The van der Waals surface area contributed by atoms with Crippen molar-refractivity contribution in [3.8, 4) is 0 Å². The largest absolute Gasteiger partial charge is 0.460 e. The number of benzene rings is 2. The van der Waals surface area contributed by atoms with Crippen LogP contribution in [0, 0.1) is 13.8 Å². The second kappa shape index (κ2) is 6.02. The molecule has 22 heavy (non-hydrogen) atoms. The molecule has 0 atom stereocenters. The van der Waals surface area contributed by atoms with E-state index in [0.29, 0.717) is 5.76 Å². The molecule has 0 amide bonds. The van der Waals surface area contributed by atoms with E-state index in [1.165, 1.54) is 0 Å². The average molecular weight is 295 g/mol. The van der Waals surface area contributed by atoms with Crippen LogP contribution in [-0.4, -0.2) is 11.1 Å². The Hall–Kier alpha value is -2.62. The van der Waals surface area contributed by atoms with Crippen molar-refractivity contribution < 1.29 is 14.1 Å². The van der Waals surface area contributed by atoms with Gasteiger partial charge in [-0.1, -0.05) is 47.6 Å². The normalized spacial score (nSPS) is 10.8. The Kier molecular flexibility index (Phi) is 3.92. The zero-order valence-corrected chi connectivity index (χ0v) is 12.6. The number of ether oxygens (including phenoxy) is 1. The van der Waals surface area contributed by atoms with Gasteiger partial charge in [0.15, 0.2) is 0 Å². The van der Waals surface area contributed by atoms with Gasteiger partial charge in [-0.2, -0.15) is 0 Å². The number of hydrogen-bond donors (Lipinski definition) is 0. The first-order valence-corrected chi connectivity index (χ1v) is 7.19. The molecule has 0 fully saturated rings. The predicted molar refractivity (Wildman–Crippen MR) is 83.4 cm³/mol. The van der Waals surface area contributed by atoms with E-state index in [1.54, 1.807) is 0 Å². The summed E-state index contributed by atoms with van der Waals surface area (Å²) in [6.07, 6.45) is 0.255. The van der Waals surface area contributed by atoms with Crippen molar-refractivity contribution >= 4 is 16.7 Å². The lowest BCUT2D eigenvalue weighted by molar-refractivity contribution is -0.144. The van der Waals surface area contributed by atoms with Crippen molar-refractivity contribution in [2.75, 3.05) is 0 Å². The smallest absolute Gasteiger partial charge is 0.310 e. The molecule has 0 aliphatic heterocycles. The second-order valence-corrected chi connectivity index (χ2v) is 5.28. The average Bonchev–Trinajstić information content (AvgIpc) is 2.84. The molecule has 0 aliphatic carbocycles. The molecule has 4 heteroatoms. The number of carbonyl (C=O) groups is 1. The molecule has 4 nitrogen and oxygen atoms in total. The first-order valence-electron chi connectivity index (χ1n) is 7.19. The summed E-state index contributed by atoms with van der Waals surface area (Å²) < 4.78 is 10.4. The summed E-state index contributed by atoms with van der Waals surface area (Å²) in [5.41, 5.74) is 2.57. The minimum absolute atomic E-state index is 0.199. The molecule has 1 aromatic heterocycles. The molecule has 2 aromatic carbocycles. The van der Waals surface area contributed by atoms with E-state index in [4.69, 9.17) is 9.26 Å². The van der Waals surface area contributed by atoms with Crippen molar-refractivity contribution in [2.24, 2.45) is 0 Å². The van der Waals surface area contributed by atoms with Gasteiger partial charge in [0.1, 0.15) is 12.4 Å². The number of aromatic nitrogens is 1. The summed E-state index contributed by atoms with van der Waals surface area (Å²) in [5.74, 6) is 0.437. The lowest BCUT2D eigenvalue weighted by atomic mass is 10.0. The summed E-state index contributed by atoms with van der Waals surface area (Å²) in [5, 5.41) is 6.06. The molecule has 0 radical (unpaired) electrons. The standard InChI is InChI=1S/C18H17NO3/c1-12-17(13(2)22-19-12)11-21-18(20)10-15-8-5-7-14-6-3-4-9-16(14)15/h3-9H,10-11H2,1-2H3. The first-order chi connectivity index (χ1) is 10.6. The number of carbonyl (C=O) groups excluding carboxylic acids is 1. The molecule has 1 heterocycles. The minimum atomic E-state index is -0.253. The minimum Gasteiger partial charge on any atom is -0.460 e. The Labute approximate surface area is 128 Å². The quantitative estimate of drug-likeness (QED) is 0.688. The Balaban J connectivity index is 1.71. The van der Waals surface area contributed by atoms with Crippen LogP contribution in [-0.2, 0) is 22.6 Å². The van der Waals surface area contributed by atoms with E-state index in [-0.39, 0.29) is 19.0 Å². The molecule has 3 rings (SSSR count). The Morgan fingerprint density at radius 3 is 2.68 bits per heavy atom. The SMILES string of the molecule is Cc1noc(C)c1COC(=O)Cc1cccc2ccccc12. The number of esters is 1. The van der Waals surface area contributed by atoms with Crippen LogP contribution in [0.5, 0.6) is 0 Å². The van der Waals surface area contributed by atoms with Gasteiger partial charge in [-0.05, 0) is 30.2 Å². The third-order valence-corrected chi connectivity index (χ3v) is 3.77. The molecule has 112 valence electrons. The Bertz CT molecular complexity index is 795. The third kappa shape index (κ3) is 2.86. The van der Waals surface area contributed by atoms with Gasteiger partial charge < -0.3 is 9.26 Å². The van der Waals surface area contributed by atoms with Crippen molar-refractivity contribution in [1.29, 1.82) is 0 Å². The van der Waals surface area contributed by atoms with Gasteiger partial charge >= 0.3 is 5.97 Å². The van der Waals surface area contributed by atoms with Crippen molar-refractivity contribution in [1.82, 2.24) is 5.16 Å². The second-order valence-electron chi connectivity index (χ2n) is 5.28. The maximum absolute atomic E-state index is 12.1. The topological polar surface area (TPSA) is 52.3 Å². The van der Waals surface area contributed by atoms with Crippen LogP contribution in [0.1, 0.15) is 22.6 Å². The maximum atomic E-state index is 12.1. The molecule has 0 unspecified atom stereocenters. The van der Waals surface area contributed by atoms with Gasteiger partial charge in [-0.3, -0.25) is 4.79 Å². The number of aryl methyl sites for hydroxylation is 2. The van der Waals surface area contributed by atoms with E-state index >= 15 is 0 Å². The van der Waals surface area contributed by atoms with E-state index in [1.807, 2.05) is 56.3 Å². The molecule has 0 N–H and O–H groups in total. The van der Waals surface area contributed by atoms with Crippen molar-refractivity contribution in [3.05, 3.63) is 65.0 Å². The molecule has 0 spiro atoms. The molecule has 0 saturated heterocycles. The highest BCUT2D eigenvalue weighted by Gasteiger charge is 2.13. The summed E-state index contributed by atoms with van der Waals surface area (Å²) in [6.45, 7) is 3.85. The zero-order valence-electron chi connectivity index (χ0n) is 12.6. The van der Waals surface area contributed by atoms with Crippen LogP contribution in [0.25, 0.3) is 10.8 Å². The van der Waals surface area contributed by atoms with E-state index < -0.39 is 0 Å². The zero-order chi connectivity index (χ0) is 15.5. The van der Waals surface area contributed by atoms with Gasteiger partial charge in [0.05, 0.1) is 17.7 Å². The van der Waals surface area contributed by atoms with Crippen LogP contribution in [0.4, 0.5) is 0 Å². The van der Waals surface area contributed by atoms with Crippen molar-refractivity contribution in [3.63, 3.8) is 0 Å². The van der Waals surface area contributed by atoms with Gasteiger partial charge in [-0.25, -0.2) is 0 Å². The van der Waals surface area contributed by atoms with E-state index in [9.17, 15) is 4.79 Å². The lowest BCUT2D eigenvalue weighted by Crippen LogP contribution is -2.09. The highest BCUT2D eigenvalue weighted by atomic mass is 16.5. The fourth-order valence-corrected chi connectivity index (χ4v) is 2.51. The maximum Gasteiger partial charge on any atom is 0.310 e.